The van der Waals surface area contributed by atoms with Crippen LogP contribution < -0.4 is 5.73 Å². The van der Waals surface area contributed by atoms with Crippen LogP contribution in [0.1, 0.15) is 28.8 Å². The molecule has 0 saturated carbocycles. The molecule has 1 aliphatic heterocycles. The fourth-order valence-corrected chi connectivity index (χ4v) is 2.46. The van der Waals surface area contributed by atoms with Crippen LogP contribution in [-0.4, -0.2) is 29.9 Å². The number of nitrogens with zero attached hydrogens (tertiary/aromatic N) is 1. The zero-order valence-corrected chi connectivity index (χ0v) is 11.9. The molecule has 1 amide bonds. The minimum atomic E-state index is 0. The summed E-state index contributed by atoms with van der Waals surface area (Å²) in [5.41, 5.74) is 7.53. The van der Waals surface area contributed by atoms with Gasteiger partial charge in [-0.15, -0.1) is 12.4 Å². The van der Waals surface area contributed by atoms with Crippen molar-refractivity contribution in [1.82, 2.24) is 4.90 Å². The number of likely N-dealkylation sites (tertiary alicyclic amines) is 1. The molecule has 1 aromatic carbocycles. The standard InChI is InChI=1S/C13H17ClN2O.ClH/c1-9-7-10(14)4-5-12(9)13(17)16-6-2-3-11(15)8-16;/h4-5,7,11H,2-3,6,8,15H2,1H3;1H. The van der Waals surface area contributed by atoms with Gasteiger partial charge in [0.15, 0.2) is 0 Å². The van der Waals surface area contributed by atoms with Crippen molar-refractivity contribution < 1.29 is 4.79 Å². The van der Waals surface area contributed by atoms with E-state index in [1.807, 2.05) is 17.9 Å². The van der Waals surface area contributed by atoms with Gasteiger partial charge >= 0.3 is 0 Å². The molecule has 1 aromatic rings. The molecular formula is C13H18Cl2N2O. The van der Waals surface area contributed by atoms with Crippen LogP contribution in [0.2, 0.25) is 5.02 Å². The molecule has 1 fully saturated rings. The van der Waals surface area contributed by atoms with Crippen molar-refractivity contribution in [2.75, 3.05) is 13.1 Å². The molecule has 3 nitrogen and oxygen atoms in total. The molecule has 2 rings (SSSR count). The third-order valence-electron chi connectivity index (χ3n) is 3.16. The largest absolute Gasteiger partial charge is 0.337 e. The average Bonchev–Trinajstić information content (AvgIpc) is 2.28. The SMILES string of the molecule is Cc1cc(Cl)ccc1C(=O)N1CCCC(N)C1.Cl. The number of rotatable bonds is 1. The number of carbonyl (C=O) groups excluding carboxylic acids is 1. The van der Waals surface area contributed by atoms with E-state index in [4.69, 9.17) is 17.3 Å². The van der Waals surface area contributed by atoms with Crippen molar-refractivity contribution in [2.45, 2.75) is 25.8 Å². The smallest absolute Gasteiger partial charge is 0.254 e. The normalized spacial score (nSPS) is 19.3. The van der Waals surface area contributed by atoms with Crippen LogP contribution in [-0.2, 0) is 0 Å². The van der Waals surface area contributed by atoms with Crippen molar-refractivity contribution in [3.05, 3.63) is 34.3 Å². The van der Waals surface area contributed by atoms with E-state index in [-0.39, 0.29) is 24.4 Å². The Morgan fingerprint density at radius 1 is 1.50 bits per heavy atom. The number of carbonyl (C=O) groups is 1. The first-order valence-electron chi connectivity index (χ1n) is 5.89. The molecule has 0 spiro atoms. The molecule has 0 aromatic heterocycles. The lowest BCUT2D eigenvalue weighted by Crippen LogP contribution is -2.45. The second-order valence-electron chi connectivity index (χ2n) is 4.61. The first-order chi connectivity index (χ1) is 8.08. The van der Waals surface area contributed by atoms with Gasteiger partial charge < -0.3 is 10.6 Å². The summed E-state index contributed by atoms with van der Waals surface area (Å²) in [7, 11) is 0. The maximum Gasteiger partial charge on any atom is 0.254 e. The van der Waals surface area contributed by atoms with E-state index in [9.17, 15) is 4.79 Å². The van der Waals surface area contributed by atoms with E-state index in [2.05, 4.69) is 0 Å². The van der Waals surface area contributed by atoms with Gasteiger partial charge in [0, 0.05) is 29.7 Å². The predicted molar refractivity (Wildman–Crippen MR) is 76.5 cm³/mol. The highest BCUT2D eigenvalue weighted by Gasteiger charge is 2.23. The minimum absolute atomic E-state index is 0. The van der Waals surface area contributed by atoms with Gasteiger partial charge in [-0.05, 0) is 43.5 Å². The van der Waals surface area contributed by atoms with Crippen molar-refractivity contribution in [3.8, 4) is 0 Å². The third kappa shape index (κ3) is 3.37. The summed E-state index contributed by atoms with van der Waals surface area (Å²) in [5, 5.41) is 0.661. The molecular weight excluding hydrogens is 271 g/mol. The second-order valence-corrected chi connectivity index (χ2v) is 5.05. The van der Waals surface area contributed by atoms with Gasteiger partial charge in [0.2, 0.25) is 0 Å². The summed E-state index contributed by atoms with van der Waals surface area (Å²) in [6, 6.07) is 5.48. The number of hydrogen-bond donors (Lipinski definition) is 1. The number of piperidine rings is 1. The van der Waals surface area contributed by atoms with Crippen LogP contribution in [0.25, 0.3) is 0 Å². The van der Waals surface area contributed by atoms with Gasteiger partial charge in [0.1, 0.15) is 0 Å². The summed E-state index contributed by atoms with van der Waals surface area (Å²) in [6.45, 7) is 3.36. The summed E-state index contributed by atoms with van der Waals surface area (Å²) in [5.74, 6) is 0.0642. The highest BCUT2D eigenvalue weighted by atomic mass is 35.5. The maximum atomic E-state index is 12.3. The number of nitrogens with two attached hydrogens (primary N) is 1. The molecule has 1 saturated heterocycles. The van der Waals surface area contributed by atoms with Crippen LogP contribution in [0, 0.1) is 6.92 Å². The molecule has 0 radical (unpaired) electrons. The van der Waals surface area contributed by atoms with Crippen molar-refractivity contribution in [3.63, 3.8) is 0 Å². The Balaban J connectivity index is 0.00000162. The van der Waals surface area contributed by atoms with E-state index >= 15 is 0 Å². The Labute approximate surface area is 119 Å². The lowest BCUT2D eigenvalue weighted by molar-refractivity contribution is 0.0708. The van der Waals surface area contributed by atoms with Crippen molar-refractivity contribution in [1.29, 1.82) is 0 Å². The quantitative estimate of drug-likeness (QED) is 0.864. The van der Waals surface area contributed by atoms with Gasteiger partial charge in [-0.25, -0.2) is 0 Å². The molecule has 18 heavy (non-hydrogen) atoms. The number of amides is 1. The fourth-order valence-electron chi connectivity index (χ4n) is 2.23. The fraction of sp³-hybridized carbons (Fsp3) is 0.462. The molecule has 1 unspecified atom stereocenters. The monoisotopic (exact) mass is 288 g/mol. The van der Waals surface area contributed by atoms with Crippen LogP contribution in [0.5, 0.6) is 0 Å². The highest BCUT2D eigenvalue weighted by Crippen LogP contribution is 2.19. The Kier molecular flexibility index (Phi) is 5.45. The van der Waals surface area contributed by atoms with E-state index in [1.165, 1.54) is 0 Å². The topological polar surface area (TPSA) is 46.3 Å². The highest BCUT2D eigenvalue weighted by molar-refractivity contribution is 6.30. The van der Waals surface area contributed by atoms with Gasteiger partial charge in [0.25, 0.3) is 5.91 Å². The summed E-state index contributed by atoms with van der Waals surface area (Å²) in [6.07, 6.45) is 1.99. The summed E-state index contributed by atoms with van der Waals surface area (Å²) < 4.78 is 0. The van der Waals surface area contributed by atoms with Gasteiger partial charge in [-0.3, -0.25) is 4.79 Å². The lowest BCUT2D eigenvalue weighted by Gasteiger charge is -2.31. The Morgan fingerprint density at radius 3 is 2.83 bits per heavy atom. The number of aryl methyl sites for hydroxylation is 1. The third-order valence-corrected chi connectivity index (χ3v) is 3.40. The molecule has 2 N–H and O–H groups in total. The maximum absolute atomic E-state index is 12.3. The number of hydrogen-bond acceptors (Lipinski definition) is 2. The van der Waals surface area contributed by atoms with Crippen LogP contribution in [0.15, 0.2) is 18.2 Å². The van der Waals surface area contributed by atoms with Crippen molar-refractivity contribution in [2.24, 2.45) is 5.73 Å². The molecule has 0 aliphatic carbocycles. The Morgan fingerprint density at radius 2 is 2.22 bits per heavy atom. The van der Waals surface area contributed by atoms with E-state index in [0.717, 1.165) is 30.5 Å². The first kappa shape index (κ1) is 15.3. The molecule has 5 heteroatoms. The average molecular weight is 289 g/mol. The van der Waals surface area contributed by atoms with E-state index < -0.39 is 0 Å². The number of halogens is 2. The minimum Gasteiger partial charge on any atom is -0.337 e. The van der Waals surface area contributed by atoms with E-state index in [1.54, 1.807) is 12.1 Å². The van der Waals surface area contributed by atoms with Gasteiger partial charge in [-0.1, -0.05) is 11.6 Å². The lowest BCUT2D eigenvalue weighted by atomic mass is 10.0. The summed E-state index contributed by atoms with van der Waals surface area (Å²) >= 11 is 5.89. The van der Waals surface area contributed by atoms with Crippen LogP contribution in [0.3, 0.4) is 0 Å². The Bertz CT molecular complexity index is 437. The second kappa shape index (κ2) is 6.41. The zero-order chi connectivity index (χ0) is 12.4. The van der Waals surface area contributed by atoms with Gasteiger partial charge in [-0.2, -0.15) is 0 Å². The molecule has 100 valence electrons. The van der Waals surface area contributed by atoms with Crippen molar-refractivity contribution >= 4 is 29.9 Å². The molecule has 1 atom stereocenters. The predicted octanol–water partition coefficient (Wildman–Crippen LogP) is 2.63. The van der Waals surface area contributed by atoms with Crippen LogP contribution >= 0.6 is 24.0 Å². The molecule has 1 aliphatic rings. The molecule has 1 heterocycles. The zero-order valence-electron chi connectivity index (χ0n) is 10.4. The number of benzene rings is 1. The van der Waals surface area contributed by atoms with E-state index in [0.29, 0.717) is 11.6 Å². The van der Waals surface area contributed by atoms with Gasteiger partial charge in [0.05, 0.1) is 0 Å². The molecule has 0 bridgehead atoms. The van der Waals surface area contributed by atoms with Crippen LogP contribution in [0.4, 0.5) is 0 Å². The first-order valence-corrected chi connectivity index (χ1v) is 6.26. The summed E-state index contributed by atoms with van der Waals surface area (Å²) in [4.78, 5) is 14.1. The Hall–Kier alpha value is -0.770.